The van der Waals surface area contributed by atoms with E-state index in [1.807, 2.05) is 18.2 Å². The predicted molar refractivity (Wildman–Crippen MR) is 54.0 cm³/mol. The summed E-state index contributed by atoms with van der Waals surface area (Å²) in [5.41, 5.74) is 1.96. The molecule has 0 unspecified atom stereocenters. The van der Waals surface area contributed by atoms with E-state index < -0.39 is 0 Å². The molecule has 1 saturated heterocycles. The fourth-order valence-electron chi connectivity index (χ4n) is 1.86. The monoisotopic (exact) mass is 221 g/mol. The molecule has 1 fully saturated rings. The normalized spacial score (nSPS) is 23.0. The molecular formula is C11H11NO4. The maximum absolute atomic E-state index is 10.9. The molecule has 0 bridgehead atoms. The van der Waals surface area contributed by atoms with Crippen molar-refractivity contribution < 1.29 is 19.0 Å². The molecular weight excluding hydrogens is 210 g/mol. The number of nitrogens with one attached hydrogen (secondary N) is 1. The SMILES string of the molecule is O=C1NC[C@@H](c2ccc3c(c2)OCOC3)O1. The lowest BCUT2D eigenvalue weighted by atomic mass is 10.1. The van der Waals surface area contributed by atoms with Crippen LogP contribution in [0.3, 0.4) is 0 Å². The summed E-state index contributed by atoms with van der Waals surface area (Å²) in [6.45, 7) is 1.35. The molecule has 5 nitrogen and oxygen atoms in total. The van der Waals surface area contributed by atoms with E-state index in [4.69, 9.17) is 14.2 Å². The molecule has 5 heteroatoms. The Labute approximate surface area is 92.3 Å². The van der Waals surface area contributed by atoms with E-state index in [1.165, 1.54) is 0 Å². The van der Waals surface area contributed by atoms with E-state index in [-0.39, 0.29) is 19.0 Å². The Kier molecular flexibility index (Phi) is 2.18. The lowest BCUT2D eigenvalue weighted by Crippen LogP contribution is -2.13. The number of amides is 1. The molecule has 0 aromatic heterocycles. The minimum Gasteiger partial charge on any atom is -0.467 e. The number of cyclic esters (lactones) is 1. The Bertz CT molecular complexity index is 432. The molecule has 2 aliphatic rings. The van der Waals surface area contributed by atoms with Gasteiger partial charge in [-0.15, -0.1) is 0 Å². The number of rotatable bonds is 1. The third-order valence-corrected chi connectivity index (χ3v) is 2.70. The number of carbonyl (C=O) groups excluding carboxylic acids is 1. The van der Waals surface area contributed by atoms with Crippen molar-refractivity contribution in [3.8, 4) is 5.75 Å². The van der Waals surface area contributed by atoms with Crippen molar-refractivity contribution in [3.63, 3.8) is 0 Å². The average Bonchev–Trinajstić information content (AvgIpc) is 2.75. The van der Waals surface area contributed by atoms with Gasteiger partial charge in [-0.25, -0.2) is 4.79 Å². The van der Waals surface area contributed by atoms with Gasteiger partial charge in [-0.1, -0.05) is 12.1 Å². The highest BCUT2D eigenvalue weighted by molar-refractivity contribution is 5.69. The number of ether oxygens (including phenoxy) is 3. The van der Waals surface area contributed by atoms with Crippen LogP contribution in [0.1, 0.15) is 17.2 Å². The fraction of sp³-hybridized carbons (Fsp3) is 0.364. The van der Waals surface area contributed by atoms with E-state index in [0.29, 0.717) is 13.2 Å². The van der Waals surface area contributed by atoms with E-state index >= 15 is 0 Å². The minimum absolute atomic E-state index is 0.218. The van der Waals surface area contributed by atoms with Crippen LogP contribution in [0.5, 0.6) is 5.75 Å². The Morgan fingerprint density at radius 3 is 3.12 bits per heavy atom. The lowest BCUT2D eigenvalue weighted by Gasteiger charge is -2.19. The number of hydrogen-bond donors (Lipinski definition) is 1. The van der Waals surface area contributed by atoms with Crippen LogP contribution in [0.15, 0.2) is 18.2 Å². The van der Waals surface area contributed by atoms with E-state index in [2.05, 4.69) is 5.32 Å². The quantitative estimate of drug-likeness (QED) is 0.777. The highest BCUT2D eigenvalue weighted by Crippen LogP contribution is 2.29. The van der Waals surface area contributed by atoms with Crippen molar-refractivity contribution in [3.05, 3.63) is 29.3 Å². The van der Waals surface area contributed by atoms with Crippen molar-refractivity contribution in [1.82, 2.24) is 5.32 Å². The van der Waals surface area contributed by atoms with Crippen molar-refractivity contribution in [2.75, 3.05) is 13.3 Å². The summed E-state index contributed by atoms with van der Waals surface area (Å²) in [5, 5.41) is 2.62. The van der Waals surface area contributed by atoms with Crippen LogP contribution in [0.25, 0.3) is 0 Å². The second kappa shape index (κ2) is 3.68. The second-order valence-corrected chi connectivity index (χ2v) is 3.75. The highest BCUT2D eigenvalue weighted by atomic mass is 16.7. The van der Waals surface area contributed by atoms with Crippen LogP contribution in [-0.2, 0) is 16.1 Å². The Hall–Kier alpha value is -1.75. The summed E-state index contributed by atoms with van der Waals surface area (Å²) >= 11 is 0. The van der Waals surface area contributed by atoms with Crippen LogP contribution < -0.4 is 10.1 Å². The molecule has 0 spiro atoms. The third-order valence-electron chi connectivity index (χ3n) is 2.70. The van der Waals surface area contributed by atoms with E-state index in [9.17, 15) is 4.79 Å². The van der Waals surface area contributed by atoms with Crippen molar-refractivity contribution in [2.24, 2.45) is 0 Å². The third kappa shape index (κ3) is 1.59. The zero-order valence-electron chi connectivity index (χ0n) is 8.56. The molecule has 3 rings (SSSR count). The van der Waals surface area contributed by atoms with Gasteiger partial charge in [-0.3, -0.25) is 0 Å². The van der Waals surface area contributed by atoms with Crippen LogP contribution in [0.4, 0.5) is 4.79 Å². The molecule has 1 N–H and O–H groups in total. The molecule has 2 aliphatic heterocycles. The Balaban J connectivity index is 1.88. The summed E-state index contributed by atoms with van der Waals surface area (Å²) in [6.07, 6.45) is -0.587. The zero-order chi connectivity index (χ0) is 11.0. The van der Waals surface area contributed by atoms with E-state index in [0.717, 1.165) is 16.9 Å². The molecule has 0 radical (unpaired) electrons. The van der Waals surface area contributed by atoms with Gasteiger partial charge in [0.15, 0.2) is 6.79 Å². The first-order valence-corrected chi connectivity index (χ1v) is 5.11. The van der Waals surface area contributed by atoms with Gasteiger partial charge < -0.3 is 19.5 Å². The summed E-state index contributed by atoms with van der Waals surface area (Å²) in [7, 11) is 0. The number of alkyl carbamates (subject to hydrolysis) is 1. The first-order chi connectivity index (χ1) is 7.83. The number of benzene rings is 1. The van der Waals surface area contributed by atoms with Gasteiger partial charge in [0.1, 0.15) is 11.9 Å². The molecule has 1 amide bonds. The van der Waals surface area contributed by atoms with Crippen LogP contribution >= 0.6 is 0 Å². The minimum atomic E-state index is -0.369. The molecule has 2 heterocycles. The largest absolute Gasteiger partial charge is 0.467 e. The topological polar surface area (TPSA) is 56.8 Å². The summed E-state index contributed by atoms with van der Waals surface area (Å²) in [4.78, 5) is 10.9. The zero-order valence-corrected chi connectivity index (χ0v) is 8.56. The second-order valence-electron chi connectivity index (χ2n) is 3.75. The number of hydrogen-bond acceptors (Lipinski definition) is 4. The van der Waals surface area contributed by atoms with Gasteiger partial charge in [-0.05, 0) is 11.6 Å². The van der Waals surface area contributed by atoms with Gasteiger partial charge in [0.05, 0.1) is 13.2 Å². The molecule has 0 aliphatic carbocycles. The molecule has 84 valence electrons. The Morgan fingerprint density at radius 2 is 2.31 bits per heavy atom. The van der Waals surface area contributed by atoms with E-state index in [1.54, 1.807) is 0 Å². The van der Waals surface area contributed by atoms with Gasteiger partial charge in [0.2, 0.25) is 0 Å². The molecule has 1 aromatic carbocycles. The van der Waals surface area contributed by atoms with Crippen molar-refractivity contribution in [2.45, 2.75) is 12.7 Å². The predicted octanol–water partition coefficient (Wildman–Crippen LogP) is 1.33. The van der Waals surface area contributed by atoms with Crippen LogP contribution in [0.2, 0.25) is 0 Å². The van der Waals surface area contributed by atoms with Crippen molar-refractivity contribution >= 4 is 6.09 Å². The summed E-state index contributed by atoms with van der Waals surface area (Å²) in [5.74, 6) is 0.812. The summed E-state index contributed by atoms with van der Waals surface area (Å²) in [6, 6.07) is 5.78. The van der Waals surface area contributed by atoms with Crippen LogP contribution in [0, 0.1) is 0 Å². The average molecular weight is 221 g/mol. The standard InChI is InChI=1S/C11H11NO4/c13-11-12-4-10(16-11)7-1-2-8-5-14-6-15-9(8)3-7/h1-3,10H,4-6H2,(H,12,13)/t10-/m0/s1. The first-order valence-electron chi connectivity index (χ1n) is 5.11. The molecule has 1 atom stereocenters. The Morgan fingerprint density at radius 1 is 1.38 bits per heavy atom. The van der Waals surface area contributed by atoms with Gasteiger partial charge >= 0.3 is 6.09 Å². The maximum Gasteiger partial charge on any atom is 0.407 e. The smallest absolute Gasteiger partial charge is 0.407 e. The molecule has 16 heavy (non-hydrogen) atoms. The van der Waals surface area contributed by atoms with Gasteiger partial charge in [0.25, 0.3) is 0 Å². The number of carbonyl (C=O) groups is 1. The molecule has 1 aromatic rings. The molecule has 0 saturated carbocycles. The lowest BCUT2D eigenvalue weighted by molar-refractivity contribution is -0.0165. The first kappa shape index (κ1) is 9.47. The van der Waals surface area contributed by atoms with Gasteiger partial charge in [-0.2, -0.15) is 0 Å². The summed E-state index contributed by atoms with van der Waals surface area (Å²) < 4.78 is 15.6. The fourth-order valence-corrected chi connectivity index (χ4v) is 1.86. The van der Waals surface area contributed by atoms with Gasteiger partial charge in [0, 0.05) is 5.56 Å². The maximum atomic E-state index is 10.9. The highest BCUT2D eigenvalue weighted by Gasteiger charge is 2.25. The van der Waals surface area contributed by atoms with Crippen molar-refractivity contribution in [1.29, 1.82) is 0 Å². The van der Waals surface area contributed by atoms with Crippen LogP contribution in [-0.4, -0.2) is 19.4 Å². The number of fused-ring (bicyclic) bond motifs is 1.